The Morgan fingerprint density at radius 1 is 1.11 bits per heavy atom. The van der Waals surface area contributed by atoms with Crippen molar-refractivity contribution < 1.29 is 13.2 Å². The van der Waals surface area contributed by atoms with Crippen molar-refractivity contribution in [1.82, 2.24) is 8.87 Å². The Kier molecular flexibility index (Phi) is 5.72. The molecule has 5 nitrogen and oxygen atoms in total. The summed E-state index contributed by atoms with van der Waals surface area (Å²) in [5.41, 5.74) is 1.50. The number of rotatable bonds is 6. The van der Waals surface area contributed by atoms with Crippen LogP contribution in [0.2, 0.25) is 10.0 Å². The van der Waals surface area contributed by atoms with Crippen molar-refractivity contribution in [2.75, 3.05) is 20.7 Å². The fourth-order valence-electron chi connectivity index (χ4n) is 2.99. The van der Waals surface area contributed by atoms with Crippen molar-refractivity contribution in [2.45, 2.75) is 18.4 Å². The van der Waals surface area contributed by atoms with E-state index >= 15 is 0 Å². The van der Waals surface area contributed by atoms with E-state index in [4.69, 9.17) is 27.9 Å². The summed E-state index contributed by atoms with van der Waals surface area (Å²) in [6.07, 6.45) is 1.53. The van der Waals surface area contributed by atoms with Gasteiger partial charge in [0.1, 0.15) is 10.6 Å². The van der Waals surface area contributed by atoms with Gasteiger partial charge in [-0.05, 0) is 57.4 Å². The highest BCUT2D eigenvalue weighted by molar-refractivity contribution is 7.90. The lowest BCUT2D eigenvalue weighted by molar-refractivity contribution is 0.326. The number of fused-ring (bicyclic) bond motifs is 1. The van der Waals surface area contributed by atoms with Crippen molar-refractivity contribution in [3.8, 4) is 5.75 Å². The zero-order valence-electron chi connectivity index (χ0n) is 15.2. The summed E-state index contributed by atoms with van der Waals surface area (Å²) in [6, 6.07) is 9.73. The minimum Gasteiger partial charge on any atom is -0.494 e. The summed E-state index contributed by atoms with van der Waals surface area (Å²) in [6.45, 7) is 3.07. The van der Waals surface area contributed by atoms with E-state index < -0.39 is 10.0 Å². The molecular weight excluding hydrogens is 407 g/mol. The largest absolute Gasteiger partial charge is 0.494 e. The molecular formula is C19H20Cl2N2O3S. The van der Waals surface area contributed by atoms with Gasteiger partial charge in [0.05, 0.1) is 17.1 Å². The van der Waals surface area contributed by atoms with Gasteiger partial charge in [-0.25, -0.2) is 12.4 Å². The minimum atomic E-state index is -3.90. The molecule has 3 aromatic rings. The number of hydrogen-bond donors (Lipinski definition) is 0. The normalized spacial score (nSPS) is 12.1. The summed E-state index contributed by atoms with van der Waals surface area (Å²) in [7, 11) is 0.00491. The third kappa shape index (κ3) is 3.80. The number of benzene rings is 2. The van der Waals surface area contributed by atoms with Gasteiger partial charge in [0, 0.05) is 28.7 Å². The van der Waals surface area contributed by atoms with Crippen LogP contribution >= 0.6 is 23.2 Å². The zero-order valence-corrected chi connectivity index (χ0v) is 17.6. The first-order valence-electron chi connectivity index (χ1n) is 8.36. The second kappa shape index (κ2) is 7.72. The molecule has 2 aromatic carbocycles. The maximum Gasteiger partial charge on any atom is 0.269 e. The fourth-order valence-corrected chi connectivity index (χ4v) is 5.08. The van der Waals surface area contributed by atoms with Crippen molar-refractivity contribution >= 4 is 44.1 Å². The molecule has 0 unspecified atom stereocenters. The van der Waals surface area contributed by atoms with Crippen LogP contribution in [0.15, 0.2) is 47.5 Å². The van der Waals surface area contributed by atoms with Crippen LogP contribution in [0.1, 0.15) is 12.5 Å². The van der Waals surface area contributed by atoms with E-state index in [1.807, 2.05) is 25.9 Å². The smallest absolute Gasteiger partial charge is 0.269 e. The van der Waals surface area contributed by atoms with E-state index in [9.17, 15) is 8.42 Å². The van der Waals surface area contributed by atoms with Crippen molar-refractivity contribution in [2.24, 2.45) is 0 Å². The quantitative estimate of drug-likeness (QED) is 0.575. The molecule has 0 aliphatic rings. The topological polar surface area (TPSA) is 51.5 Å². The maximum atomic E-state index is 13.2. The minimum absolute atomic E-state index is 0.0304. The Morgan fingerprint density at radius 3 is 2.52 bits per heavy atom. The molecule has 0 N–H and O–H groups in total. The highest BCUT2D eigenvalue weighted by Crippen LogP contribution is 2.33. The molecule has 1 heterocycles. The Morgan fingerprint density at radius 2 is 1.85 bits per heavy atom. The third-order valence-corrected chi connectivity index (χ3v) is 6.52. The van der Waals surface area contributed by atoms with E-state index in [1.165, 1.54) is 22.3 Å². The monoisotopic (exact) mass is 426 g/mol. The highest BCUT2D eigenvalue weighted by atomic mass is 35.5. The Labute approximate surface area is 169 Å². The highest BCUT2D eigenvalue weighted by Gasteiger charge is 2.24. The van der Waals surface area contributed by atoms with Gasteiger partial charge in [0.2, 0.25) is 0 Å². The molecule has 0 bridgehead atoms. The summed E-state index contributed by atoms with van der Waals surface area (Å²) < 4.78 is 33.4. The standard InChI is InChI=1S/C19H20Cl2N2O3S/c1-4-26-18-8-7-17-14(15(18)12-22(2)3)9-10-23(17)27(24,25)19-11-13(20)5-6-16(19)21/h5-11H,4,12H2,1-3H3. The summed E-state index contributed by atoms with van der Waals surface area (Å²) in [5, 5.41) is 1.25. The number of ether oxygens (including phenoxy) is 1. The van der Waals surface area contributed by atoms with Gasteiger partial charge < -0.3 is 9.64 Å². The van der Waals surface area contributed by atoms with Crippen LogP contribution in [0, 0.1) is 0 Å². The molecule has 0 aliphatic heterocycles. The van der Waals surface area contributed by atoms with E-state index in [0.29, 0.717) is 23.7 Å². The van der Waals surface area contributed by atoms with Crippen LogP contribution in [-0.2, 0) is 16.6 Å². The van der Waals surface area contributed by atoms with E-state index in [1.54, 1.807) is 24.3 Å². The molecule has 3 rings (SSSR count). The molecule has 144 valence electrons. The van der Waals surface area contributed by atoms with Crippen molar-refractivity contribution in [1.29, 1.82) is 0 Å². The van der Waals surface area contributed by atoms with Crippen LogP contribution in [0.5, 0.6) is 5.75 Å². The predicted molar refractivity (Wildman–Crippen MR) is 110 cm³/mol. The molecule has 0 fully saturated rings. The molecule has 8 heteroatoms. The van der Waals surface area contributed by atoms with Crippen LogP contribution in [0.4, 0.5) is 0 Å². The van der Waals surface area contributed by atoms with E-state index in [2.05, 4.69) is 0 Å². The Balaban J connectivity index is 2.23. The first-order valence-corrected chi connectivity index (χ1v) is 10.6. The fraction of sp³-hybridized carbons (Fsp3) is 0.263. The van der Waals surface area contributed by atoms with Crippen LogP contribution in [0.25, 0.3) is 10.9 Å². The lowest BCUT2D eigenvalue weighted by atomic mass is 10.1. The summed E-state index contributed by atoms with van der Waals surface area (Å²) in [5.74, 6) is 0.745. The first kappa shape index (κ1) is 20.0. The molecule has 0 radical (unpaired) electrons. The van der Waals surface area contributed by atoms with E-state index in [0.717, 1.165) is 16.7 Å². The first-order chi connectivity index (χ1) is 12.8. The molecule has 27 heavy (non-hydrogen) atoms. The third-order valence-electron chi connectivity index (χ3n) is 4.11. The average molecular weight is 427 g/mol. The van der Waals surface area contributed by atoms with Gasteiger partial charge in [-0.3, -0.25) is 0 Å². The molecule has 0 amide bonds. The lowest BCUT2D eigenvalue weighted by Crippen LogP contribution is -2.14. The van der Waals surface area contributed by atoms with Crippen LogP contribution in [0.3, 0.4) is 0 Å². The zero-order chi connectivity index (χ0) is 19.8. The molecule has 0 saturated carbocycles. The van der Waals surface area contributed by atoms with Gasteiger partial charge >= 0.3 is 0 Å². The number of aromatic nitrogens is 1. The van der Waals surface area contributed by atoms with Gasteiger partial charge in [0.15, 0.2) is 0 Å². The molecule has 0 atom stereocenters. The molecule has 0 saturated heterocycles. The SMILES string of the molecule is CCOc1ccc2c(ccn2S(=O)(=O)c2cc(Cl)ccc2Cl)c1CN(C)C. The van der Waals surface area contributed by atoms with Gasteiger partial charge in [-0.1, -0.05) is 23.2 Å². The van der Waals surface area contributed by atoms with Gasteiger partial charge in [0.25, 0.3) is 10.0 Å². The molecule has 1 aromatic heterocycles. The predicted octanol–water partition coefficient (Wildman–Crippen LogP) is 4.65. The Hall–Kier alpha value is -1.73. The Bertz CT molecular complexity index is 1090. The van der Waals surface area contributed by atoms with Gasteiger partial charge in [-0.15, -0.1) is 0 Å². The van der Waals surface area contributed by atoms with E-state index in [-0.39, 0.29) is 9.92 Å². The summed E-state index contributed by atoms with van der Waals surface area (Å²) in [4.78, 5) is 1.98. The second-order valence-corrected chi connectivity index (χ2v) is 8.96. The molecule has 0 aliphatic carbocycles. The number of hydrogen-bond acceptors (Lipinski definition) is 4. The van der Waals surface area contributed by atoms with Crippen LogP contribution in [-0.4, -0.2) is 38.0 Å². The number of nitrogens with zero attached hydrogens (tertiary/aromatic N) is 2. The van der Waals surface area contributed by atoms with Crippen LogP contribution < -0.4 is 4.74 Å². The maximum absolute atomic E-state index is 13.2. The summed E-state index contributed by atoms with van der Waals surface area (Å²) >= 11 is 12.1. The van der Waals surface area contributed by atoms with Crippen molar-refractivity contribution in [3.63, 3.8) is 0 Å². The second-order valence-electron chi connectivity index (χ2n) is 6.34. The molecule has 0 spiro atoms. The van der Waals surface area contributed by atoms with Gasteiger partial charge in [-0.2, -0.15) is 0 Å². The number of halogens is 2. The van der Waals surface area contributed by atoms with Crippen molar-refractivity contribution in [3.05, 3.63) is 58.2 Å². The average Bonchev–Trinajstić information content (AvgIpc) is 3.04. The lowest BCUT2D eigenvalue weighted by Gasteiger charge is -2.16.